The van der Waals surface area contributed by atoms with Crippen molar-refractivity contribution in [3.63, 3.8) is 0 Å². The largest absolute Gasteiger partial charge is 0.480 e. The molecule has 0 aromatic heterocycles. The molecule has 0 aliphatic carbocycles. The number of carboxylic acid groups (broad SMARTS) is 1. The van der Waals surface area contributed by atoms with E-state index in [9.17, 15) is 9.59 Å². The number of amides is 1. The minimum Gasteiger partial charge on any atom is -0.480 e. The Morgan fingerprint density at radius 3 is 2.44 bits per heavy atom. The molecule has 1 fully saturated rings. The molecule has 2 rings (SSSR count). The minimum atomic E-state index is -0.802. The van der Waals surface area contributed by atoms with Crippen molar-refractivity contribution in [1.82, 2.24) is 9.80 Å². The van der Waals surface area contributed by atoms with Crippen LogP contribution >= 0.6 is 11.8 Å². The third kappa shape index (κ3) is 6.85. The first-order chi connectivity index (χ1) is 12.7. The van der Waals surface area contributed by atoms with E-state index in [1.807, 2.05) is 16.8 Å². The van der Waals surface area contributed by atoms with Crippen LogP contribution < -0.4 is 0 Å². The van der Waals surface area contributed by atoms with Gasteiger partial charge < -0.3 is 10.0 Å². The maximum absolute atomic E-state index is 12.6. The number of hydrogen-bond donors (Lipinski definition) is 1. The molecule has 0 saturated carbocycles. The van der Waals surface area contributed by atoms with Crippen LogP contribution in [0.2, 0.25) is 0 Å². The molecule has 0 bridgehead atoms. The normalized spacial score (nSPS) is 18.4. The summed E-state index contributed by atoms with van der Waals surface area (Å²) in [6, 6.07) is 8.70. The number of thioether (sulfide) groups is 1. The van der Waals surface area contributed by atoms with Crippen molar-refractivity contribution in [1.29, 1.82) is 0 Å². The van der Waals surface area contributed by atoms with Gasteiger partial charge in [-0.1, -0.05) is 32.9 Å². The first-order valence-corrected chi connectivity index (χ1v) is 10.6. The molecule has 1 saturated heterocycles. The van der Waals surface area contributed by atoms with Gasteiger partial charge in [-0.25, -0.2) is 0 Å². The van der Waals surface area contributed by atoms with Gasteiger partial charge in [-0.2, -0.15) is 0 Å². The summed E-state index contributed by atoms with van der Waals surface area (Å²) in [5.41, 5.74) is 1.43. The monoisotopic (exact) mass is 392 g/mol. The highest BCUT2D eigenvalue weighted by molar-refractivity contribution is 8.00. The van der Waals surface area contributed by atoms with Crippen LogP contribution in [0.4, 0.5) is 0 Å². The Labute approximate surface area is 167 Å². The smallest absolute Gasteiger partial charge is 0.317 e. The highest BCUT2D eigenvalue weighted by Gasteiger charge is 2.24. The molecule has 0 radical (unpaired) electrons. The lowest BCUT2D eigenvalue weighted by Gasteiger charge is -2.25. The number of likely N-dealkylation sites (N-methyl/N-ethyl adjacent to an activating group) is 1. The van der Waals surface area contributed by atoms with Gasteiger partial charge in [-0.15, -0.1) is 11.8 Å². The van der Waals surface area contributed by atoms with Gasteiger partial charge in [-0.3, -0.25) is 14.5 Å². The van der Waals surface area contributed by atoms with Crippen LogP contribution in [0, 0.1) is 0 Å². The van der Waals surface area contributed by atoms with Gasteiger partial charge >= 0.3 is 5.97 Å². The number of carbonyl (C=O) groups excluding carboxylic acids is 1. The molecular formula is C21H32N2O3S. The predicted octanol–water partition coefficient (Wildman–Crippen LogP) is 3.47. The van der Waals surface area contributed by atoms with Crippen LogP contribution in [0.5, 0.6) is 0 Å². The van der Waals surface area contributed by atoms with Crippen LogP contribution in [0.3, 0.4) is 0 Å². The second-order valence-electron chi connectivity index (χ2n) is 8.34. The number of rotatable bonds is 6. The van der Waals surface area contributed by atoms with Crippen molar-refractivity contribution in [3.8, 4) is 0 Å². The summed E-state index contributed by atoms with van der Waals surface area (Å²) < 4.78 is 0. The van der Waals surface area contributed by atoms with E-state index >= 15 is 0 Å². The molecule has 6 heteroatoms. The zero-order chi connectivity index (χ0) is 20.0. The number of hydrogen-bond acceptors (Lipinski definition) is 4. The van der Waals surface area contributed by atoms with Crippen LogP contribution in [0.15, 0.2) is 29.2 Å². The van der Waals surface area contributed by atoms with E-state index in [1.165, 1.54) is 5.56 Å². The molecule has 1 amide bonds. The quantitative estimate of drug-likeness (QED) is 0.751. The maximum Gasteiger partial charge on any atom is 0.317 e. The second kappa shape index (κ2) is 9.60. The highest BCUT2D eigenvalue weighted by Crippen LogP contribution is 2.26. The number of nitrogens with zero attached hydrogens (tertiary/aromatic N) is 2. The fraction of sp³-hybridized carbons (Fsp3) is 0.619. The van der Waals surface area contributed by atoms with Crippen LogP contribution in [-0.2, 0) is 15.0 Å². The third-order valence-electron chi connectivity index (χ3n) is 5.14. The SMILES string of the molecule is CN(CC(=O)O)C1CCCN(C(=O)CSc2ccc(C(C)(C)C)cc2)CC1. The topological polar surface area (TPSA) is 60.9 Å². The van der Waals surface area contributed by atoms with Crippen molar-refractivity contribution >= 4 is 23.6 Å². The van der Waals surface area contributed by atoms with Crippen LogP contribution in [0.1, 0.15) is 45.6 Å². The van der Waals surface area contributed by atoms with Gasteiger partial charge in [0.1, 0.15) is 0 Å². The van der Waals surface area contributed by atoms with Crippen LogP contribution in [-0.4, -0.2) is 65.3 Å². The average molecular weight is 393 g/mol. The molecule has 27 heavy (non-hydrogen) atoms. The lowest BCUT2D eigenvalue weighted by atomic mass is 9.87. The van der Waals surface area contributed by atoms with Gasteiger partial charge in [0.2, 0.25) is 5.91 Å². The molecule has 1 atom stereocenters. The lowest BCUT2D eigenvalue weighted by Crippen LogP contribution is -2.37. The summed E-state index contributed by atoms with van der Waals surface area (Å²) >= 11 is 1.58. The Kier molecular flexibility index (Phi) is 7.74. The summed E-state index contributed by atoms with van der Waals surface area (Å²) in [6.45, 7) is 8.10. The molecule has 1 unspecified atom stereocenters. The summed E-state index contributed by atoms with van der Waals surface area (Å²) in [5.74, 6) is -0.185. The molecule has 1 aromatic rings. The van der Waals surface area contributed by atoms with Gasteiger partial charge in [-0.05, 0) is 49.4 Å². The number of aliphatic carboxylic acids is 1. The zero-order valence-electron chi connectivity index (χ0n) is 16.9. The van der Waals surface area contributed by atoms with E-state index in [0.717, 1.165) is 30.7 Å². The standard InChI is InChI=1S/C21H32N2O3S/c1-21(2,3)16-7-9-18(10-8-16)27-15-19(24)23-12-5-6-17(11-13-23)22(4)14-20(25)26/h7-10,17H,5-6,11-15H2,1-4H3,(H,25,26). The molecular weight excluding hydrogens is 360 g/mol. The Hall–Kier alpha value is -1.53. The molecule has 0 spiro atoms. The van der Waals surface area contributed by atoms with E-state index in [1.54, 1.807) is 11.8 Å². The maximum atomic E-state index is 12.6. The fourth-order valence-corrected chi connectivity index (χ4v) is 4.20. The van der Waals surface area contributed by atoms with Crippen molar-refractivity contribution in [3.05, 3.63) is 29.8 Å². The van der Waals surface area contributed by atoms with Crippen molar-refractivity contribution in [2.45, 2.75) is 56.4 Å². The van der Waals surface area contributed by atoms with Gasteiger partial charge in [0.05, 0.1) is 12.3 Å². The Morgan fingerprint density at radius 2 is 1.85 bits per heavy atom. The van der Waals surface area contributed by atoms with E-state index in [2.05, 4.69) is 45.0 Å². The van der Waals surface area contributed by atoms with E-state index in [0.29, 0.717) is 12.3 Å². The lowest BCUT2D eigenvalue weighted by molar-refractivity contribution is -0.138. The molecule has 1 aliphatic rings. The van der Waals surface area contributed by atoms with Crippen LogP contribution in [0.25, 0.3) is 0 Å². The molecule has 5 nitrogen and oxygen atoms in total. The fourth-order valence-electron chi connectivity index (χ4n) is 3.40. The zero-order valence-corrected chi connectivity index (χ0v) is 17.7. The Balaban J connectivity index is 1.83. The first kappa shape index (κ1) is 21.8. The third-order valence-corrected chi connectivity index (χ3v) is 6.14. The van der Waals surface area contributed by atoms with Gasteiger partial charge in [0, 0.05) is 24.0 Å². The second-order valence-corrected chi connectivity index (χ2v) is 9.39. The predicted molar refractivity (Wildman–Crippen MR) is 110 cm³/mol. The molecule has 150 valence electrons. The summed E-state index contributed by atoms with van der Waals surface area (Å²) in [7, 11) is 1.85. The molecule has 1 N–H and O–H groups in total. The molecule has 1 aromatic carbocycles. The minimum absolute atomic E-state index is 0.0546. The number of likely N-dealkylation sites (tertiary alicyclic amines) is 1. The van der Waals surface area contributed by atoms with Crippen molar-refractivity contribution < 1.29 is 14.7 Å². The van der Waals surface area contributed by atoms with E-state index in [-0.39, 0.29) is 23.9 Å². The van der Waals surface area contributed by atoms with Crippen molar-refractivity contribution in [2.75, 3.05) is 32.4 Å². The Morgan fingerprint density at radius 1 is 1.19 bits per heavy atom. The Bertz CT molecular complexity index is 640. The van der Waals surface area contributed by atoms with Crippen molar-refractivity contribution in [2.24, 2.45) is 0 Å². The molecule has 1 heterocycles. The summed E-state index contributed by atoms with van der Waals surface area (Å²) in [5, 5.41) is 8.96. The summed E-state index contributed by atoms with van der Waals surface area (Å²) in [4.78, 5) is 28.4. The summed E-state index contributed by atoms with van der Waals surface area (Å²) in [6.07, 6.45) is 2.70. The van der Waals surface area contributed by atoms with E-state index < -0.39 is 5.97 Å². The first-order valence-electron chi connectivity index (χ1n) is 9.60. The highest BCUT2D eigenvalue weighted by atomic mass is 32.2. The molecule has 1 aliphatic heterocycles. The van der Waals surface area contributed by atoms with E-state index in [4.69, 9.17) is 5.11 Å². The number of carbonyl (C=O) groups is 2. The van der Waals surface area contributed by atoms with Gasteiger partial charge in [0.25, 0.3) is 0 Å². The number of benzene rings is 1. The number of carboxylic acids is 1. The average Bonchev–Trinajstić information content (AvgIpc) is 2.85. The van der Waals surface area contributed by atoms with Gasteiger partial charge in [0.15, 0.2) is 0 Å².